The van der Waals surface area contributed by atoms with Crippen LogP contribution >= 0.6 is 0 Å². The Hall–Kier alpha value is -1.38. The van der Waals surface area contributed by atoms with Crippen LogP contribution in [0.3, 0.4) is 0 Å². The highest BCUT2D eigenvalue weighted by molar-refractivity contribution is 5.89. The van der Waals surface area contributed by atoms with Gasteiger partial charge in [-0.1, -0.05) is 6.92 Å². The predicted molar refractivity (Wildman–Crippen MR) is 52.7 cm³/mol. The third-order valence-corrected chi connectivity index (χ3v) is 2.03. The molecular weight excluding hydrogens is 164 g/mol. The molecule has 1 aromatic heterocycles. The molecule has 0 unspecified atom stereocenters. The van der Waals surface area contributed by atoms with Crippen molar-refractivity contribution in [3.8, 4) is 0 Å². The van der Waals surface area contributed by atoms with Crippen LogP contribution in [-0.2, 0) is 11.2 Å². The Morgan fingerprint density at radius 2 is 2.31 bits per heavy atom. The maximum atomic E-state index is 11.0. The van der Waals surface area contributed by atoms with E-state index >= 15 is 0 Å². The summed E-state index contributed by atoms with van der Waals surface area (Å²) in [5, 5.41) is 0. The van der Waals surface area contributed by atoms with Crippen LogP contribution in [-0.4, -0.2) is 17.9 Å². The Balaban J connectivity index is 2.94. The van der Waals surface area contributed by atoms with E-state index in [-0.39, 0.29) is 5.91 Å². The molecule has 3 nitrogen and oxygen atoms in total. The average molecular weight is 178 g/mol. The Labute approximate surface area is 78.4 Å². The molecule has 0 spiro atoms. The molecule has 0 aliphatic carbocycles. The molecule has 0 fully saturated rings. The molecule has 1 amide bonds. The second-order valence-corrected chi connectivity index (χ2v) is 2.95. The van der Waals surface area contributed by atoms with Crippen molar-refractivity contribution in [1.82, 2.24) is 4.98 Å². The van der Waals surface area contributed by atoms with Crippen molar-refractivity contribution in [2.45, 2.75) is 20.3 Å². The highest BCUT2D eigenvalue weighted by Crippen LogP contribution is 2.11. The minimum absolute atomic E-state index is 0.000697. The summed E-state index contributed by atoms with van der Waals surface area (Å²) in [6.45, 7) is 3.60. The molecule has 0 atom stereocenters. The number of pyridine rings is 1. The fourth-order valence-electron chi connectivity index (χ4n) is 1.03. The van der Waals surface area contributed by atoms with E-state index in [0.29, 0.717) is 5.82 Å². The zero-order valence-electron chi connectivity index (χ0n) is 8.24. The second kappa shape index (κ2) is 4.03. The van der Waals surface area contributed by atoms with Gasteiger partial charge < -0.3 is 4.90 Å². The van der Waals surface area contributed by atoms with E-state index in [0.717, 1.165) is 6.42 Å². The molecular formula is C10H14N2O. The van der Waals surface area contributed by atoms with Crippen molar-refractivity contribution in [1.29, 1.82) is 0 Å². The summed E-state index contributed by atoms with van der Waals surface area (Å²) >= 11 is 0. The predicted octanol–water partition coefficient (Wildman–Crippen LogP) is 1.63. The fourth-order valence-corrected chi connectivity index (χ4v) is 1.03. The van der Waals surface area contributed by atoms with E-state index < -0.39 is 0 Å². The van der Waals surface area contributed by atoms with Gasteiger partial charge in [0.1, 0.15) is 5.82 Å². The molecule has 0 bridgehead atoms. The SMILES string of the molecule is CCc1ccnc(N(C)C(C)=O)c1. The number of anilines is 1. The summed E-state index contributed by atoms with van der Waals surface area (Å²) in [5.41, 5.74) is 1.19. The third-order valence-electron chi connectivity index (χ3n) is 2.03. The highest BCUT2D eigenvalue weighted by Gasteiger charge is 2.06. The lowest BCUT2D eigenvalue weighted by Gasteiger charge is -2.13. The summed E-state index contributed by atoms with van der Waals surface area (Å²) in [5.74, 6) is 0.715. The zero-order chi connectivity index (χ0) is 9.84. The zero-order valence-corrected chi connectivity index (χ0v) is 8.24. The van der Waals surface area contributed by atoms with Crippen LogP contribution in [0.4, 0.5) is 5.82 Å². The first-order valence-corrected chi connectivity index (χ1v) is 4.34. The van der Waals surface area contributed by atoms with Crippen molar-refractivity contribution in [2.75, 3.05) is 11.9 Å². The Morgan fingerprint density at radius 3 is 2.85 bits per heavy atom. The maximum Gasteiger partial charge on any atom is 0.224 e. The molecule has 0 aliphatic heterocycles. The van der Waals surface area contributed by atoms with E-state index in [4.69, 9.17) is 0 Å². The van der Waals surface area contributed by atoms with Crippen molar-refractivity contribution in [3.05, 3.63) is 23.9 Å². The molecule has 0 aliphatic rings. The normalized spacial score (nSPS) is 9.77. The molecule has 0 aromatic carbocycles. The van der Waals surface area contributed by atoms with Gasteiger partial charge in [-0.15, -0.1) is 0 Å². The van der Waals surface area contributed by atoms with Crippen molar-refractivity contribution in [2.24, 2.45) is 0 Å². The number of hydrogen-bond acceptors (Lipinski definition) is 2. The monoisotopic (exact) mass is 178 g/mol. The molecule has 0 saturated heterocycles. The summed E-state index contributed by atoms with van der Waals surface area (Å²) in [6, 6.07) is 3.89. The summed E-state index contributed by atoms with van der Waals surface area (Å²) < 4.78 is 0. The van der Waals surface area contributed by atoms with E-state index in [9.17, 15) is 4.79 Å². The number of carbonyl (C=O) groups excluding carboxylic acids is 1. The highest BCUT2D eigenvalue weighted by atomic mass is 16.2. The van der Waals surface area contributed by atoms with Crippen LogP contribution < -0.4 is 4.90 Å². The number of nitrogens with zero attached hydrogens (tertiary/aromatic N) is 2. The van der Waals surface area contributed by atoms with Gasteiger partial charge in [-0.2, -0.15) is 0 Å². The fraction of sp³-hybridized carbons (Fsp3) is 0.400. The van der Waals surface area contributed by atoms with Crippen LogP contribution in [0.15, 0.2) is 18.3 Å². The standard InChI is InChI=1S/C10H14N2O/c1-4-9-5-6-11-10(7-9)12(3)8(2)13/h5-7H,4H2,1-3H3. The summed E-state index contributed by atoms with van der Waals surface area (Å²) in [6.07, 6.45) is 2.69. The first kappa shape index (κ1) is 9.71. The smallest absolute Gasteiger partial charge is 0.224 e. The van der Waals surface area contributed by atoms with E-state index in [1.165, 1.54) is 12.5 Å². The van der Waals surface area contributed by atoms with Gasteiger partial charge in [-0.25, -0.2) is 4.98 Å². The van der Waals surface area contributed by atoms with Crippen LogP contribution in [0.2, 0.25) is 0 Å². The summed E-state index contributed by atoms with van der Waals surface area (Å²) in [4.78, 5) is 16.7. The number of aryl methyl sites for hydroxylation is 1. The number of rotatable bonds is 2. The van der Waals surface area contributed by atoms with Gasteiger partial charge in [0.05, 0.1) is 0 Å². The van der Waals surface area contributed by atoms with Gasteiger partial charge >= 0.3 is 0 Å². The number of aromatic nitrogens is 1. The van der Waals surface area contributed by atoms with Gasteiger partial charge in [-0.3, -0.25) is 4.79 Å². The number of hydrogen-bond donors (Lipinski definition) is 0. The van der Waals surface area contributed by atoms with Gasteiger partial charge in [-0.05, 0) is 24.1 Å². The lowest BCUT2D eigenvalue weighted by atomic mass is 10.2. The Morgan fingerprint density at radius 1 is 1.62 bits per heavy atom. The van der Waals surface area contributed by atoms with Crippen LogP contribution in [0.1, 0.15) is 19.4 Å². The first-order valence-electron chi connectivity index (χ1n) is 4.34. The van der Waals surface area contributed by atoms with Crippen LogP contribution in [0, 0.1) is 0 Å². The average Bonchev–Trinajstić information content (AvgIpc) is 2.16. The Bertz CT molecular complexity index is 310. The molecule has 0 N–H and O–H groups in total. The minimum Gasteiger partial charge on any atom is -0.300 e. The first-order chi connectivity index (χ1) is 6.15. The third kappa shape index (κ3) is 2.28. The molecule has 3 heteroatoms. The topological polar surface area (TPSA) is 33.2 Å². The number of amides is 1. The van der Waals surface area contributed by atoms with Crippen LogP contribution in [0.25, 0.3) is 0 Å². The van der Waals surface area contributed by atoms with Gasteiger partial charge in [0.15, 0.2) is 0 Å². The molecule has 1 rings (SSSR count). The maximum absolute atomic E-state index is 11.0. The van der Waals surface area contributed by atoms with Crippen molar-refractivity contribution in [3.63, 3.8) is 0 Å². The Kier molecular flexibility index (Phi) is 3.01. The molecule has 1 aromatic rings. The van der Waals surface area contributed by atoms with Crippen molar-refractivity contribution < 1.29 is 4.79 Å². The second-order valence-electron chi connectivity index (χ2n) is 2.95. The molecule has 0 radical (unpaired) electrons. The lowest BCUT2D eigenvalue weighted by Crippen LogP contribution is -2.23. The molecule has 1 heterocycles. The van der Waals surface area contributed by atoms with E-state index in [2.05, 4.69) is 11.9 Å². The van der Waals surface area contributed by atoms with Gasteiger partial charge in [0.2, 0.25) is 5.91 Å². The summed E-state index contributed by atoms with van der Waals surface area (Å²) in [7, 11) is 1.73. The molecule has 13 heavy (non-hydrogen) atoms. The number of carbonyl (C=O) groups is 1. The molecule has 0 saturated carbocycles. The lowest BCUT2D eigenvalue weighted by molar-refractivity contribution is -0.116. The minimum atomic E-state index is 0.000697. The van der Waals surface area contributed by atoms with Gasteiger partial charge in [0.25, 0.3) is 0 Å². The van der Waals surface area contributed by atoms with Crippen LogP contribution in [0.5, 0.6) is 0 Å². The molecule has 70 valence electrons. The van der Waals surface area contributed by atoms with E-state index in [1.807, 2.05) is 12.1 Å². The largest absolute Gasteiger partial charge is 0.300 e. The van der Waals surface area contributed by atoms with E-state index in [1.54, 1.807) is 18.1 Å². The van der Waals surface area contributed by atoms with Gasteiger partial charge in [0, 0.05) is 20.2 Å². The van der Waals surface area contributed by atoms with Crippen molar-refractivity contribution >= 4 is 11.7 Å². The quantitative estimate of drug-likeness (QED) is 0.689.